The zero-order valence-electron chi connectivity index (χ0n) is 33.0. The van der Waals surface area contributed by atoms with Gasteiger partial charge in [0.25, 0.3) is 0 Å². The Balaban J connectivity index is 0.000000320. The van der Waals surface area contributed by atoms with Crippen molar-refractivity contribution < 1.29 is 77.4 Å². The SMILES string of the molecule is CC(=O)Oc1ccc(/C=C/c2cc(CC(=O)O)c(CC(=O)O)c(CC(=O)O)c2)cc1.CC(=O)Oc1ccc(/C=C/c2cc(OC(C)=O)c(OC(C)=O)c(OC(C)=O)c2)cc1. The molecule has 4 aromatic rings. The van der Waals surface area contributed by atoms with Gasteiger partial charge in [0.15, 0.2) is 11.5 Å². The summed E-state index contributed by atoms with van der Waals surface area (Å²) in [6.45, 7) is 6.16. The summed E-state index contributed by atoms with van der Waals surface area (Å²) in [6.07, 6.45) is 5.50. The van der Waals surface area contributed by atoms with Crippen LogP contribution >= 0.6 is 0 Å². The molecular formula is C44H40O16. The number of benzene rings is 4. The first-order valence-electron chi connectivity index (χ1n) is 17.7. The van der Waals surface area contributed by atoms with Gasteiger partial charge >= 0.3 is 47.8 Å². The number of ether oxygens (including phenoxy) is 5. The zero-order chi connectivity index (χ0) is 44.5. The van der Waals surface area contributed by atoms with Crippen molar-refractivity contribution in [3.8, 4) is 28.7 Å². The van der Waals surface area contributed by atoms with Gasteiger partial charge in [-0.3, -0.25) is 38.4 Å². The smallest absolute Gasteiger partial charge is 0.308 e. The van der Waals surface area contributed by atoms with Gasteiger partial charge in [-0.25, -0.2) is 0 Å². The van der Waals surface area contributed by atoms with Gasteiger partial charge in [0.05, 0.1) is 19.3 Å². The van der Waals surface area contributed by atoms with Crippen LogP contribution in [0.2, 0.25) is 0 Å². The van der Waals surface area contributed by atoms with Crippen LogP contribution in [0.15, 0.2) is 72.8 Å². The number of carbonyl (C=O) groups excluding carboxylic acids is 5. The van der Waals surface area contributed by atoms with Crippen LogP contribution in [0.4, 0.5) is 0 Å². The first-order chi connectivity index (χ1) is 28.3. The van der Waals surface area contributed by atoms with Crippen molar-refractivity contribution >= 4 is 72.1 Å². The monoisotopic (exact) mass is 824 g/mol. The second-order valence-corrected chi connectivity index (χ2v) is 12.6. The van der Waals surface area contributed by atoms with Crippen molar-refractivity contribution in [1.29, 1.82) is 0 Å². The fourth-order valence-electron chi connectivity index (χ4n) is 5.35. The van der Waals surface area contributed by atoms with E-state index in [1.165, 1.54) is 46.8 Å². The van der Waals surface area contributed by atoms with Gasteiger partial charge in [0.2, 0.25) is 5.75 Å². The van der Waals surface area contributed by atoms with E-state index < -0.39 is 67.0 Å². The molecule has 0 aromatic heterocycles. The summed E-state index contributed by atoms with van der Waals surface area (Å²) in [4.78, 5) is 89.9. The number of hydrogen-bond donors (Lipinski definition) is 3. The molecule has 0 amide bonds. The molecule has 0 saturated carbocycles. The molecular weight excluding hydrogens is 784 g/mol. The number of hydrogen-bond acceptors (Lipinski definition) is 13. The van der Waals surface area contributed by atoms with E-state index in [4.69, 9.17) is 39.0 Å². The van der Waals surface area contributed by atoms with Gasteiger partial charge in [-0.2, -0.15) is 0 Å². The molecule has 0 bridgehead atoms. The lowest BCUT2D eigenvalue weighted by Crippen LogP contribution is -2.13. The lowest BCUT2D eigenvalue weighted by atomic mass is 9.91. The first kappa shape index (κ1) is 46.5. The maximum atomic E-state index is 11.5. The summed E-state index contributed by atoms with van der Waals surface area (Å²) in [5.41, 5.74) is 3.33. The Morgan fingerprint density at radius 2 is 0.733 bits per heavy atom. The summed E-state index contributed by atoms with van der Waals surface area (Å²) in [5, 5.41) is 27.5. The highest BCUT2D eigenvalue weighted by molar-refractivity contribution is 5.82. The second-order valence-electron chi connectivity index (χ2n) is 12.6. The minimum atomic E-state index is -1.18. The minimum absolute atomic E-state index is 0.0682. The Morgan fingerprint density at radius 3 is 1.05 bits per heavy atom. The topological polar surface area (TPSA) is 243 Å². The van der Waals surface area contributed by atoms with Crippen LogP contribution in [-0.4, -0.2) is 63.1 Å². The Kier molecular flexibility index (Phi) is 17.2. The van der Waals surface area contributed by atoms with E-state index in [0.29, 0.717) is 22.6 Å². The van der Waals surface area contributed by atoms with Crippen LogP contribution in [0, 0.1) is 0 Å². The van der Waals surface area contributed by atoms with E-state index in [0.717, 1.165) is 11.1 Å². The highest BCUT2D eigenvalue weighted by Gasteiger charge is 2.20. The zero-order valence-corrected chi connectivity index (χ0v) is 33.0. The van der Waals surface area contributed by atoms with Crippen LogP contribution in [0.25, 0.3) is 24.3 Å². The van der Waals surface area contributed by atoms with Gasteiger partial charge < -0.3 is 39.0 Å². The van der Waals surface area contributed by atoms with Gasteiger partial charge in [0, 0.05) is 34.6 Å². The third kappa shape index (κ3) is 16.3. The van der Waals surface area contributed by atoms with E-state index in [9.17, 15) is 38.4 Å². The number of esters is 5. The third-order valence-corrected chi connectivity index (χ3v) is 7.48. The fourth-order valence-corrected chi connectivity index (χ4v) is 5.35. The van der Waals surface area contributed by atoms with Crippen molar-refractivity contribution in [2.24, 2.45) is 0 Å². The van der Waals surface area contributed by atoms with Crippen molar-refractivity contribution in [3.63, 3.8) is 0 Å². The summed E-state index contributed by atoms with van der Waals surface area (Å²) in [7, 11) is 0. The average Bonchev–Trinajstić information content (AvgIpc) is 3.12. The summed E-state index contributed by atoms with van der Waals surface area (Å²) in [6, 6.07) is 19.4. The van der Waals surface area contributed by atoms with E-state index >= 15 is 0 Å². The summed E-state index contributed by atoms with van der Waals surface area (Å²) in [5.74, 6) is -5.77. The largest absolute Gasteiger partial charge is 0.481 e. The molecule has 0 aliphatic carbocycles. The Bertz CT molecular complexity index is 2100. The molecule has 0 spiro atoms. The molecule has 4 aromatic carbocycles. The molecule has 0 radical (unpaired) electrons. The number of carbonyl (C=O) groups is 8. The molecule has 60 heavy (non-hydrogen) atoms. The highest BCUT2D eigenvalue weighted by atomic mass is 16.6. The van der Waals surface area contributed by atoms with Crippen molar-refractivity contribution in [2.45, 2.75) is 53.9 Å². The maximum Gasteiger partial charge on any atom is 0.308 e. The molecule has 0 heterocycles. The van der Waals surface area contributed by atoms with Crippen molar-refractivity contribution in [3.05, 3.63) is 112 Å². The van der Waals surface area contributed by atoms with Crippen LogP contribution in [0.1, 0.15) is 73.6 Å². The predicted molar refractivity (Wildman–Crippen MR) is 214 cm³/mol. The fraction of sp³-hybridized carbons (Fsp3) is 0.182. The van der Waals surface area contributed by atoms with Crippen molar-refractivity contribution in [2.75, 3.05) is 0 Å². The quantitative estimate of drug-likeness (QED) is 0.0684. The van der Waals surface area contributed by atoms with Gasteiger partial charge in [-0.1, -0.05) is 60.7 Å². The van der Waals surface area contributed by atoms with Gasteiger partial charge in [0.1, 0.15) is 11.5 Å². The van der Waals surface area contributed by atoms with Crippen LogP contribution in [0.5, 0.6) is 28.7 Å². The lowest BCUT2D eigenvalue weighted by molar-refractivity contribution is -0.137. The standard InChI is InChI=1S/2C22H20O8/c1-13(23)27-19-9-7-17(8-10-19)5-6-18-11-20(28-14(2)24)22(30-16(4)26)21(12-18)29-15(3)25;1-13(23)30-18-6-4-14(5-7-18)2-3-15-8-16(10-20(24)25)19(12-22(28)29)17(9-15)11-21(26)27/h5-12H,1-4H3;2-9H,10-12H2,1H3,(H,24,25)(H,26,27)(H,28,29)/b6-5+;3-2+. The second kappa shape index (κ2) is 22.2. The first-order valence-corrected chi connectivity index (χ1v) is 17.7. The molecule has 4 rings (SSSR count). The molecule has 312 valence electrons. The maximum absolute atomic E-state index is 11.5. The lowest BCUT2D eigenvalue weighted by Gasteiger charge is -2.14. The van der Waals surface area contributed by atoms with Crippen LogP contribution < -0.4 is 23.7 Å². The van der Waals surface area contributed by atoms with E-state index in [2.05, 4.69) is 0 Å². The van der Waals surface area contributed by atoms with Crippen LogP contribution in [-0.2, 0) is 57.6 Å². The average molecular weight is 825 g/mol. The molecule has 0 unspecified atom stereocenters. The molecule has 0 atom stereocenters. The number of rotatable bonds is 15. The highest BCUT2D eigenvalue weighted by Crippen LogP contribution is 2.40. The van der Waals surface area contributed by atoms with Crippen molar-refractivity contribution in [1.82, 2.24) is 0 Å². The third-order valence-electron chi connectivity index (χ3n) is 7.48. The molecule has 0 fully saturated rings. The van der Waals surface area contributed by atoms with E-state index in [1.54, 1.807) is 85.0 Å². The predicted octanol–water partition coefficient (Wildman–Crippen LogP) is 6.22. The van der Waals surface area contributed by atoms with Gasteiger partial charge in [-0.15, -0.1) is 0 Å². The Labute approximate surface area is 343 Å². The molecule has 0 saturated heterocycles. The molecule has 16 nitrogen and oxygen atoms in total. The summed E-state index contributed by atoms with van der Waals surface area (Å²) < 4.78 is 25.3. The minimum Gasteiger partial charge on any atom is -0.481 e. The van der Waals surface area contributed by atoms with Gasteiger partial charge in [-0.05, 0) is 75.3 Å². The molecule has 3 N–H and O–H groups in total. The Morgan fingerprint density at radius 1 is 0.417 bits per heavy atom. The number of aliphatic carboxylic acids is 3. The number of carboxylic acids is 3. The Hall–Kier alpha value is -7.88. The van der Waals surface area contributed by atoms with E-state index in [1.807, 2.05) is 0 Å². The number of carboxylic acid groups (broad SMARTS) is 3. The normalized spacial score (nSPS) is 10.6. The molecule has 0 aliphatic heterocycles. The molecule has 0 aliphatic rings. The van der Waals surface area contributed by atoms with Crippen LogP contribution in [0.3, 0.4) is 0 Å². The molecule has 16 heteroatoms. The van der Waals surface area contributed by atoms with E-state index in [-0.39, 0.29) is 33.9 Å². The summed E-state index contributed by atoms with van der Waals surface area (Å²) >= 11 is 0.